The number of furan rings is 1. The van der Waals surface area contributed by atoms with Crippen molar-refractivity contribution in [3.05, 3.63) is 72.9 Å². The van der Waals surface area contributed by atoms with Gasteiger partial charge in [-0.3, -0.25) is 9.88 Å². The molecule has 1 saturated heterocycles. The van der Waals surface area contributed by atoms with Crippen LogP contribution in [0.2, 0.25) is 0 Å². The van der Waals surface area contributed by atoms with E-state index in [9.17, 15) is 0 Å². The standard InChI is InChI=1S/C23H23N5O/c1-2-7-19-18(6-1)23(27-22(26-19)17-9-11-24-12-10-17)25-16-20(21-8-5-15-29-21)28-13-3-4-14-28/h1-2,5-12,15,20H,3-4,13-14,16H2,(H,25,26,27). The molecule has 0 saturated carbocycles. The summed E-state index contributed by atoms with van der Waals surface area (Å²) in [7, 11) is 0. The molecule has 0 spiro atoms. The minimum absolute atomic E-state index is 0.186. The summed E-state index contributed by atoms with van der Waals surface area (Å²) in [4.78, 5) is 16.2. The van der Waals surface area contributed by atoms with Crippen LogP contribution in [0, 0.1) is 0 Å². The summed E-state index contributed by atoms with van der Waals surface area (Å²) in [6, 6.07) is 16.2. The van der Waals surface area contributed by atoms with Gasteiger partial charge in [-0.2, -0.15) is 0 Å². The van der Waals surface area contributed by atoms with Gasteiger partial charge >= 0.3 is 0 Å². The quantitative estimate of drug-likeness (QED) is 0.526. The van der Waals surface area contributed by atoms with Gasteiger partial charge in [0, 0.05) is 29.9 Å². The average molecular weight is 385 g/mol. The fourth-order valence-corrected chi connectivity index (χ4v) is 3.98. The molecule has 0 amide bonds. The maximum absolute atomic E-state index is 5.76. The highest BCUT2D eigenvalue weighted by Gasteiger charge is 2.25. The zero-order valence-corrected chi connectivity index (χ0v) is 16.2. The normalized spacial score (nSPS) is 15.6. The highest BCUT2D eigenvalue weighted by molar-refractivity contribution is 5.90. The molecule has 29 heavy (non-hydrogen) atoms. The molecule has 4 heterocycles. The molecular weight excluding hydrogens is 362 g/mol. The Bertz CT molecular complexity index is 1080. The first-order chi connectivity index (χ1) is 14.4. The average Bonchev–Trinajstić information content (AvgIpc) is 3.49. The van der Waals surface area contributed by atoms with Crippen LogP contribution in [0.15, 0.2) is 71.6 Å². The molecule has 0 radical (unpaired) electrons. The highest BCUT2D eigenvalue weighted by atomic mass is 16.3. The number of benzene rings is 1. The minimum atomic E-state index is 0.186. The second-order valence-corrected chi connectivity index (χ2v) is 7.30. The van der Waals surface area contributed by atoms with Gasteiger partial charge in [0.2, 0.25) is 0 Å². The Morgan fingerprint density at radius 2 is 1.79 bits per heavy atom. The topological polar surface area (TPSA) is 67.1 Å². The lowest BCUT2D eigenvalue weighted by molar-refractivity contribution is 0.225. The van der Waals surface area contributed by atoms with Crippen molar-refractivity contribution >= 4 is 16.7 Å². The van der Waals surface area contributed by atoms with Gasteiger partial charge in [-0.15, -0.1) is 0 Å². The molecule has 1 aliphatic rings. The van der Waals surface area contributed by atoms with Crippen molar-refractivity contribution in [2.75, 3.05) is 25.0 Å². The van der Waals surface area contributed by atoms with E-state index in [-0.39, 0.29) is 6.04 Å². The van der Waals surface area contributed by atoms with E-state index in [1.807, 2.05) is 36.4 Å². The van der Waals surface area contributed by atoms with E-state index in [2.05, 4.69) is 27.3 Å². The molecule has 6 nitrogen and oxygen atoms in total. The predicted octanol–water partition coefficient (Wildman–Crippen LogP) is 4.53. The van der Waals surface area contributed by atoms with Gasteiger partial charge in [0.05, 0.1) is 17.8 Å². The van der Waals surface area contributed by atoms with Gasteiger partial charge in [0.25, 0.3) is 0 Å². The molecule has 1 fully saturated rings. The first-order valence-corrected chi connectivity index (χ1v) is 10.1. The maximum Gasteiger partial charge on any atom is 0.162 e. The summed E-state index contributed by atoms with van der Waals surface area (Å²) in [6.07, 6.45) is 7.75. The van der Waals surface area contributed by atoms with E-state index in [0.29, 0.717) is 5.82 Å². The lowest BCUT2D eigenvalue weighted by Gasteiger charge is -2.26. The number of nitrogens with zero attached hydrogens (tertiary/aromatic N) is 4. The molecule has 1 aromatic carbocycles. The van der Waals surface area contributed by atoms with Crippen LogP contribution in [0.1, 0.15) is 24.6 Å². The van der Waals surface area contributed by atoms with Gasteiger partial charge in [-0.05, 0) is 62.3 Å². The molecule has 1 aliphatic heterocycles. The highest BCUT2D eigenvalue weighted by Crippen LogP contribution is 2.28. The third-order valence-electron chi connectivity index (χ3n) is 5.46. The zero-order valence-electron chi connectivity index (χ0n) is 16.2. The summed E-state index contributed by atoms with van der Waals surface area (Å²) in [5, 5.41) is 4.61. The minimum Gasteiger partial charge on any atom is -0.468 e. The number of aromatic nitrogens is 3. The molecule has 4 aromatic rings. The number of anilines is 1. The SMILES string of the molecule is c1coc(C(CNc2nc(-c3ccncc3)nc3ccccc23)N2CCCC2)c1. The van der Waals surface area contributed by atoms with Crippen molar-refractivity contribution in [2.24, 2.45) is 0 Å². The third kappa shape index (κ3) is 3.71. The summed E-state index contributed by atoms with van der Waals surface area (Å²) in [6.45, 7) is 2.92. The van der Waals surface area contributed by atoms with Crippen LogP contribution in [-0.4, -0.2) is 39.5 Å². The van der Waals surface area contributed by atoms with Crippen LogP contribution in [0.3, 0.4) is 0 Å². The molecule has 0 aliphatic carbocycles. The molecule has 146 valence electrons. The van der Waals surface area contributed by atoms with E-state index in [1.54, 1.807) is 18.7 Å². The molecule has 1 atom stereocenters. The fourth-order valence-electron chi connectivity index (χ4n) is 3.98. The Balaban J connectivity index is 1.49. The van der Waals surface area contributed by atoms with Crippen molar-refractivity contribution in [1.82, 2.24) is 19.9 Å². The van der Waals surface area contributed by atoms with Gasteiger partial charge in [-0.1, -0.05) is 12.1 Å². The van der Waals surface area contributed by atoms with Gasteiger partial charge in [0.1, 0.15) is 11.6 Å². The van der Waals surface area contributed by atoms with Crippen LogP contribution in [-0.2, 0) is 0 Å². The van der Waals surface area contributed by atoms with Crippen LogP contribution < -0.4 is 5.32 Å². The van der Waals surface area contributed by atoms with Crippen LogP contribution in [0.25, 0.3) is 22.3 Å². The van der Waals surface area contributed by atoms with E-state index in [0.717, 1.165) is 47.7 Å². The smallest absolute Gasteiger partial charge is 0.162 e. The summed E-state index contributed by atoms with van der Waals surface area (Å²) >= 11 is 0. The van der Waals surface area contributed by atoms with Crippen molar-refractivity contribution in [3.8, 4) is 11.4 Å². The monoisotopic (exact) mass is 385 g/mol. The lowest BCUT2D eigenvalue weighted by Crippen LogP contribution is -2.31. The van der Waals surface area contributed by atoms with E-state index in [4.69, 9.17) is 14.4 Å². The van der Waals surface area contributed by atoms with Crippen molar-refractivity contribution in [3.63, 3.8) is 0 Å². The van der Waals surface area contributed by atoms with Crippen molar-refractivity contribution in [2.45, 2.75) is 18.9 Å². The van der Waals surface area contributed by atoms with Gasteiger partial charge < -0.3 is 9.73 Å². The second-order valence-electron chi connectivity index (χ2n) is 7.30. The Kier molecular flexibility index (Phi) is 4.92. The Morgan fingerprint density at radius 3 is 2.59 bits per heavy atom. The van der Waals surface area contributed by atoms with Crippen LogP contribution in [0.4, 0.5) is 5.82 Å². The van der Waals surface area contributed by atoms with E-state index < -0.39 is 0 Å². The first-order valence-electron chi connectivity index (χ1n) is 10.1. The number of likely N-dealkylation sites (tertiary alicyclic amines) is 1. The number of hydrogen-bond acceptors (Lipinski definition) is 6. The molecule has 5 rings (SSSR count). The number of fused-ring (bicyclic) bond motifs is 1. The second kappa shape index (κ2) is 8.01. The number of nitrogens with one attached hydrogen (secondary N) is 1. The van der Waals surface area contributed by atoms with Crippen LogP contribution >= 0.6 is 0 Å². The van der Waals surface area contributed by atoms with Gasteiger partial charge in [-0.25, -0.2) is 9.97 Å². The third-order valence-corrected chi connectivity index (χ3v) is 5.46. The maximum atomic E-state index is 5.76. The number of hydrogen-bond donors (Lipinski definition) is 1. The largest absolute Gasteiger partial charge is 0.468 e. The Hall–Kier alpha value is -3.25. The molecular formula is C23H23N5O. The van der Waals surface area contributed by atoms with E-state index >= 15 is 0 Å². The van der Waals surface area contributed by atoms with Crippen molar-refractivity contribution in [1.29, 1.82) is 0 Å². The summed E-state index contributed by atoms with van der Waals surface area (Å²) in [5.74, 6) is 2.54. The molecule has 0 bridgehead atoms. The Labute approximate surface area is 169 Å². The van der Waals surface area contributed by atoms with E-state index in [1.165, 1.54) is 12.8 Å². The lowest BCUT2D eigenvalue weighted by atomic mass is 10.1. The summed E-state index contributed by atoms with van der Waals surface area (Å²) in [5.41, 5.74) is 1.88. The number of para-hydroxylation sites is 1. The fraction of sp³-hybridized carbons (Fsp3) is 0.261. The number of pyridine rings is 1. The van der Waals surface area contributed by atoms with Crippen molar-refractivity contribution < 1.29 is 4.42 Å². The molecule has 6 heteroatoms. The predicted molar refractivity (Wildman–Crippen MR) is 114 cm³/mol. The van der Waals surface area contributed by atoms with Gasteiger partial charge in [0.15, 0.2) is 5.82 Å². The zero-order chi connectivity index (χ0) is 19.5. The molecule has 1 N–H and O–H groups in total. The Morgan fingerprint density at radius 1 is 0.966 bits per heavy atom. The number of rotatable bonds is 6. The molecule has 3 aromatic heterocycles. The first kappa shape index (κ1) is 17.8. The van der Waals surface area contributed by atoms with Crippen LogP contribution in [0.5, 0.6) is 0 Å². The summed E-state index contributed by atoms with van der Waals surface area (Å²) < 4.78 is 5.76. The molecule has 1 unspecified atom stereocenters.